The highest BCUT2D eigenvalue weighted by atomic mass is 32.2. The first-order chi connectivity index (χ1) is 18.9. The molecule has 2 rings (SSSR count). The van der Waals surface area contributed by atoms with Crippen molar-refractivity contribution in [2.24, 2.45) is 0 Å². The zero-order valence-corrected chi connectivity index (χ0v) is 24.8. The van der Waals surface area contributed by atoms with E-state index in [1.165, 1.54) is 23.5 Å². The molecule has 39 heavy (non-hydrogen) atoms. The van der Waals surface area contributed by atoms with E-state index in [9.17, 15) is 20.1 Å². The molecule has 212 valence electrons. The second-order valence-electron chi connectivity index (χ2n) is 8.90. The Labute approximate surface area is 240 Å². The Morgan fingerprint density at radius 2 is 1.28 bits per heavy atom. The molecule has 0 radical (unpaired) electrons. The van der Waals surface area contributed by atoms with Gasteiger partial charge in [-0.15, -0.1) is 0 Å². The monoisotopic (exact) mass is 574 g/mol. The summed E-state index contributed by atoms with van der Waals surface area (Å²) in [4.78, 5) is 24.7. The average molecular weight is 575 g/mol. The van der Waals surface area contributed by atoms with Crippen molar-refractivity contribution in [2.45, 2.75) is 94.8 Å². The number of esters is 2. The molecule has 0 bridgehead atoms. The molecule has 1 aromatic carbocycles. The molecule has 0 saturated carbocycles. The maximum Gasteiger partial charge on any atom is 0.305 e. The molecule has 1 aliphatic rings. The number of nitrogens with zero attached hydrogens (tertiary/aromatic N) is 2. The van der Waals surface area contributed by atoms with Gasteiger partial charge in [-0.05, 0) is 58.1 Å². The van der Waals surface area contributed by atoms with Gasteiger partial charge in [-0.3, -0.25) is 9.59 Å². The van der Waals surface area contributed by atoms with Crippen LogP contribution in [-0.4, -0.2) is 38.4 Å². The number of hydrogen-bond acceptors (Lipinski definition) is 10. The van der Waals surface area contributed by atoms with E-state index >= 15 is 0 Å². The number of carbonyl (C=O) groups is 2. The Bertz CT molecular complexity index is 1070. The van der Waals surface area contributed by atoms with Crippen molar-refractivity contribution < 1.29 is 28.5 Å². The van der Waals surface area contributed by atoms with Gasteiger partial charge in [0.05, 0.1) is 40.5 Å². The van der Waals surface area contributed by atoms with Crippen LogP contribution in [0.3, 0.4) is 0 Å². The molecule has 0 atom stereocenters. The van der Waals surface area contributed by atoms with Gasteiger partial charge in [0.25, 0.3) is 0 Å². The predicted molar refractivity (Wildman–Crippen MR) is 152 cm³/mol. The number of carbonyl (C=O) groups excluding carboxylic acids is 2. The quantitative estimate of drug-likeness (QED) is 0.101. The van der Waals surface area contributed by atoms with Gasteiger partial charge >= 0.3 is 11.9 Å². The third-order valence-electron chi connectivity index (χ3n) is 5.82. The van der Waals surface area contributed by atoms with Crippen molar-refractivity contribution in [1.82, 2.24) is 0 Å². The second-order valence-corrected chi connectivity index (χ2v) is 11.2. The average Bonchev–Trinajstić information content (AvgIpc) is 3.35. The maximum absolute atomic E-state index is 11.5. The van der Waals surface area contributed by atoms with Crippen molar-refractivity contribution in [3.8, 4) is 23.6 Å². The van der Waals surface area contributed by atoms with Gasteiger partial charge in [-0.1, -0.05) is 49.2 Å². The lowest BCUT2D eigenvalue weighted by Gasteiger charge is -2.16. The van der Waals surface area contributed by atoms with E-state index in [1.807, 2.05) is 39.0 Å². The number of aryl methyl sites for hydroxylation is 1. The Morgan fingerprint density at radius 1 is 0.769 bits per heavy atom. The van der Waals surface area contributed by atoms with Gasteiger partial charge in [0.2, 0.25) is 0 Å². The summed E-state index contributed by atoms with van der Waals surface area (Å²) in [7, 11) is 0. The van der Waals surface area contributed by atoms with Crippen LogP contribution in [0, 0.1) is 29.6 Å². The molecule has 0 unspecified atom stereocenters. The fourth-order valence-corrected chi connectivity index (χ4v) is 6.48. The molecule has 8 nitrogen and oxygen atoms in total. The zero-order chi connectivity index (χ0) is 28.5. The molecule has 0 aromatic heterocycles. The fraction of sp³-hybridized carbons (Fsp3) is 0.586. The number of benzene rings is 1. The van der Waals surface area contributed by atoms with E-state index < -0.39 is 0 Å². The number of thioether (sulfide) groups is 2. The summed E-state index contributed by atoms with van der Waals surface area (Å²) in [5.74, 6) is 1.18. The lowest BCUT2D eigenvalue weighted by molar-refractivity contribution is -0.144. The third kappa shape index (κ3) is 11.1. The highest BCUT2D eigenvalue weighted by Crippen LogP contribution is 2.59. The Kier molecular flexibility index (Phi) is 15.3. The number of allylic oxidation sites excluding steroid dienone is 1. The minimum Gasteiger partial charge on any atom is -0.492 e. The molecule has 0 amide bonds. The van der Waals surface area contributed by atoms with Crippen LogP contribution in [0.5, 0.6) is 11.5 Å². The SMILES string of the molecule is CCOC(=O)CCCCCCOc1cc(C)c(OCCCCCCC(=O)OCC)c2c1SC(=C(C#N)C#N)S2. The van der Waals surface area contributed by atoms with Crippen LogP contribution in [0.1, 0.15) is 83.6 Å². The van der Waals surface area contributed by atoms with E-state index in [1.54, 1.807) is 0 Å². The van der Waals surface area contributed by atoms with Crippen LogP contribution < -0.4 is 9.47 Å². The second kappa shape index (κ2) is 18.5. The molecule has 0 aliphatic carbocycles. The minimum absolute atomic E-state index is 0.0824. The van der Waals surface area contributed by atoms with Crippen LogP contribution in [0.15, 0.2) is 25.7 Å². The maximum atomic E-state index is 11.5. The van der Waals surface area contributed by atoms with E-state index in [4.69, 9.17) is 18.9 Å². The Hall–Kier alpha value is -2.82. The van der Waals surface area contributed by atoms with Gasteiger partial charge in [0.15, 0.2) is 0 Å². The normalized spacial score (nSPS) is 11.8. The summed E-state index contributed by atoms with van der Waals surface area (Å²) in [6.45, 7) is 7.48. The first kappa shape index (κ1) is 32.4. The molecule has 0 N–H and O–H groups in total. The van der Waals surface area contributed by atoms with E-state index in [-0.39, 0.29) is 17.5 Å². The minimum atomic E-state index is -0.149. The first-order valence-corrected chi connectivity index (χ1v) is 15.2. The summed E-state index contributed by atoms with van der Waals surface area (Å²) in [6, 6.07) is 5.94. The number of unbranched alkanes of at least 4 members (excludes halogenated alkanes) is 6. The number of fused-ring (bicyclic) bond motifs is 1. The summed E-state index contributed by atoms with van der Waals surface area (Å²) >= 11 is 2.76. The zero-order valence-electron chi connectivity index (χ0n) is 23.1. The van der Waals surface area contributed by atoms with Gasteiger partial charge in [0.1, 0.15) is 29.2 Å². The summed E-state index contributed by atoms with van der Waals surface area (Å²) in [6.07, 6.45) is 7.95. The highest BCUT2D eigenvalue weighted by Gasteiger charge is 2.30. The number of ether oxygens (including phenoxy) is 4. The number of rotatable bonds is 18. The lowest BCUT2D eigenvalue weighted by Crippen LogP contribution is -2.04. The lowest BCUT2D eigenvalue weighted by atomic mass is 10.1. The molecule has 0 saturated heterocycles. The van der Waals surface area contributed by atoms with Crippen LogP contribution in [0.25, 0.3) is 0 Å². The van der Waals surface area contributed by atoms with Crippen molar-refractivity contribution in [1.29, 1.82) is 10.5 Å². The molecule has 1 aromatic rings. The molecule has 0 spiro atoms. The summed E-state index contributed by atoms with van der Waals surface area (Å²) in [5, 5.41) is 18.8. The van der Waals surface area contributed by atoms with E-state index in [2.05, 4.69) is 0 Å². The number of hydrogen-bond donors (Lipinski definition) is 0. The Balaban J connectivity index is 1.94. The smallest absolute Gasteiger partial charge is 0.305 e. The number of nitriles is 2. The van der Waals surface area contributed by atoms with E-state index in [0.717, 1.165) is 78.2 Å². The fourth-order valence-electron chi connectivity index (χ4n) is 3.89. The summed E-state index contributed by atoms with van der Waals surface area (Å²) < 4.78 is 22.9. The molecule has 1 aliphatic heterocycles. The van der Waals surface area contributed by atoms with Crippen molar-refractivity contribution in [2.75, 3.05) is 26.4 Å². The standard InChI is InChI=1S/C29H38N2O6S2/c1-4-34-24(32)14-10-6-8-12-16-36-23-18-21(3)26(28-27(23)38-29(39-28)22(19-30)20-31)37-17-13-9-7-11-15-25(33)35-5-2/h18H,4-17H2,1-3H3. The van der Waals surface area contributed by atoms with Crippen molar-refractivity contribution in [3.05, 3.63) is 21.4 Å². The van der Waals surface area contributed by atoms with Gasteiger partial charge < -0.3 is 18.9 Å². The molecule has 1 heterocycles. The van der Waals surface area contributed by atoms with Crippen molar-refractivity contribution in [3.63, 3.8) is 0 Å². The molecular formula is C29H38N2O6S2. The highest BCUT2D eigenvalue weighted by molar-refractivity contribution is 8.24. The topological polar surface area (TPSA) is 119 Å². The third-order valence-corrected chi connectivity index (χ3v) is 8.44. The summed E-state index contributed by atoms with van der Waals surface area (Å²) in [5.41, 5.74) is 1.02. The largest absolute Gasteiger partial charge is 0.492 e. The van der Waals surface area contributed by atoms with Crippen LogP contribution in [-0.2, 0) is 19.1 Å². The van der Waals surface area contributed by atoms with Gasteiger partial charge in [-0.25, -0.2) is 0 Å². The predicted octanol–water partition coefficient (Wildman–Crippen LogP) is 7.24. The van der Waals surface area contributed by atoms with Crippen LogP contribution in [0.2, 0.25) is 0 Å². The molecule has 10 heteroatoms. The molecule has 0 fully saturated rings. The van der Waals surface area contributed by atoms with Crippen molar-refractivity contribution >= 4 is 35.5 Å². The van der Waals surface area contributed by atoms with Crippen LogP contribution in [0.4, 0.5) is 0 Å². The molecular weight excluding hydrogens is 536 g/mol. The first-order valence-electron chi connectivity index (χ1n) is 13.6. The van der Waals surface area contributed by atoms with Crippen LogP contribution >= 0.6 is 23.5 Å². The Morgan fingerprint density at radius 3 is 1.82 bits per heavy atom. The van der Waals surface area contributed by atoms with E-state index in [0.29, 0.717) is 43.5 Å². The van der Waals surface area contributed by atoms with Gasteiger partial charge in [-0.2, -0.15) is 10.5 Å². The van der Waals surface area contributed by atoms with Gasteiger partial charge in [0, 0.05) is 12.8 Å².